The molecule has 5 nitrogen and oxygen atoms in total. The minimum atomic E-state index is -0.152. The van der Waals surface area contributed by atoms with Gasteiger partial charge in [-0.3, -0.25) is 4.79 Å². The Balaban J connectivity index is 2.24. The van der Waals surface area contributed by atoms with Gasteiger partial charge in [0.25, 0.3) is 5.91 Å². The second-order valence-corrected chi connectivity index (χ2v) is 5.02. The lowest BCUT2D eigenvalue weighted by atomic mass is 10.2. The Morgan fingerprint density at radius 2 is 2.11 bits per heavy atom. The Hall–Kier alpha value is -1.95. The minimum Gasteiger partial charge on any atom is -0.376 e. The molecule has 0 aliphatic carbocycles. The number of aromatic nitrogens is 2. The summed E-state index contributed by atoms with van der Waals surface area (Å²) in [6.07, 6.45) is 0.703. The molecule has 2 rings (SSSR count). The first-order valence-electron chi connectivity index (χ1n) is 6.02. The average Bonchev–Trinajstić information content (AvgIpc) is 2.87. The van der Waals surface area contributed by atoms with Crippen LogP contribution in [-0.4, -0.2) is 29.6 Å². The number of carbonyl (C=O) groups is 1. The summed E-state index contributed by atoms with van der Waals surface area (Å²) in [5.41, 5.74) is 2.49. The van der Waals surface area contributed by atoms with E-state index in [4.69, 9.17) is 0 Å². The summed E-state index contributed by atoms with van der Waals surface area (Å²) in [6.45, 7) is 1.96. The van der Waals surface area contributed by atoms with Gasteiger partial charge in [-0.1, -0.05) is 23.5 Å². The maximum atomic E-state index is 12.2. The molecule has 0 saturated carbocycles. The van der Waals surface area contributed by atoms with E-state index in [2.05, 4.69) is 14.9 Å². The second kappa shape index (κ2) is 5.79. The molecule has 1 N–H and O–H groups in total. The van der Waals surface area contributed by atoms with E-state index in [-0.39, 0.29) is 5.91 Å². The summed E-state index contributed by atoms with van der Waals surface area (Å²) < 4.78 is 3.83. The Bertz CT molecular complexity index is 580. The molecule has 0 unspecified atom stereocenters. The average molecular weight is 276 g/mol. The number of aryl methyl sites for hydroxylation is 1. The molecule has 0 bridgehead atoms. The molecule has 100 valence electrons. The lowest BCUT2D eigenvalue weighted by Crippen LogP contribution is -2.16. The maximum absolute atomic E-state index is 12.2. The number of benzene rings is 1. The Morgan fingerprint density at radius 3 is 2.79 bits per heavy atom. The van der Waals surface area contributed by atoms with Gasteiger partial charge in [0.1, 0.15) is 4.88 Å². The van der Waals surface area contributed by atoms with Gasteiger partial charge in [-0.25, -0.2) is 0 Å². The van der Waals surface area contributed by atoms with Gasteiger partial charge in [0, 0.05) is 14.1 Å². The highest BCUT2D eigenvalue weighted by Gasteiger charge is 2.16. The molecule has 2 aromatic rings. The van der Waals surface area contributed by atoms with E-state index in [1.54, 1.807) is 0 Å². The van der Waals surface area contributed by atoms with Crippen molar-refractivity contribution in [3.8, 4) is 0 Å². The standard InChI is InChI=1S/C13H16N4OS/c1-4-9-12(19-16-15-9)13(18)14-10-7-5-6-8-11(10)17(2)3/h5-8H,4H2,1-3H3,(H,14,18). The third kappa shape index (κ3) is 2.90. The maximum Gasteiger partial charge on any atom is 0.269 e. The smallest absolute Gasteiger partial charge is 0.269 e. The molecule has 1 heterocycles. The van der Waals surface area contributed by atoms with Gasteiger partial charge in [0.2, 0.25) is 0 Å². The van der Waals surface area contributed by atoms with Gasteiger partial charge in [-0.05, 0) is 30.1 Å². The van der Waals surface area contributed by atoms with Gasteiger partial charge in [0.05, 0.1) is 17.1 Å². The molecule has 1 amide bonds. The van der Waals surface area contributed by atoms with Crippen LogP contribution in [0.4, 0.5) is 11.4 Å². The Morgan fingerprint density at radius 1 is 1.37 bits per heavy atom. The fraction of sp³-hybridized carbons (Fsp3) is 0.308. The molecule has 0 aliphatic heterocycles. The van der Waals surface area contributed by atoms with Crippen molar-refractivity contribution in [2.24, 2.45) is 0 Å². The summed E-state index contributed by atoms with van der Waals surface area (Å²) in [5, 5.41) is 6.87. The lowest BCUT2D eigenvalue weighted by molar-refractivity contribution is 0.102. The van der Waals surface area contributed by atoms with E-state index in [0.717, 1.165) is 28.6 Å². The van der Waals surface area contributed by atoms with E-state index in [9.17, 15) is 4.79 Å². The topological polar surface area (TPSA) is 58.1 Å². The quantitative estimate of drug-likeness (QED) is 0.931. The largest absolute Gasteiger partial charge is 0.376 e. The second-order valence-electron chi connectivity index (χ2n) is 4.27. The van der Waals surface area contributed by atoms with Crippen LogP contribution in [-0.2, 0) is 6.42 Å². The van der Waals surface area contributed by atoms with Crippen LogP contribution in [0.25, 0.3) is 0 Å². The van der Waals surface area contributed by atoms with Crippen molar-refractivity contribution in [2.45, 2.75) is 13.3 Å². The number of carbonyl (C=O) groups excluding carboxylic acids is 1. The molecule has 0 fully saturated rings. The first-order valence-corrected chi connectivity index (χ1v) is 6.79. The molecule has 0 radical (unpaired) electrons. The van der Waals surface area contributed by atoms with E-state index >= 15 is 0 Å². The number of rotatable bonds is 4. The van der Waals surface area contributed by atoms with Crippen molar-refractivity contribution < 1.29 is 4.79 Å². The predicted octanol–water partition coefficient (Wildman–Crippen LogP) is 2.42. The first-order chi connectivity index (χ1) is 9.13. The number of anilines is 2. The summed E-state index contributed by atoms with van der Waals surface area (Å²) in [7, 11) is 3.88. The third-order valence-corrected chi connectivity index (χ3v) is 3.50. The first kappa shape index (κ1) is 13.5. The number of amides is 1. The number of nitrogens with zero attached hydrogens (tertiary/aromatic N) is 3. The normalized spacial score (nSPS) is 10.3. The number of hydrogen-bond donors (Lipinski definition) is 1. The van der Waals surface area contributed by atoms with Gasteiger partial charge in [-0.2, -0.15) is 0 Å². The van der Waals surface area contributed by atoms with Crippen LogP contribution < -0.4 is 10.2 Å². The van der Waals surface area contributed by atoms with E-state index < -0.39 is 0 Å². The van der Waals surface area contributed by atoms with Crippen molar-refractivity contribution in [1.29, 1.82) is 0 Å². The molecule has 0 aliphatic rings. The number of nitrogens with one attached hydrogen (secondary N) is 1. The highest BCUT2D eigenvalue weighted by Crippen LogP contribution is 2.24. The van der Waals surface area contributed by atoms with Crippen LogP contribution in [0.1, 0.15) is 22.3 Å². The third-order valence-electron chi connectivity index (χ3n) is 2.73. The van der Waals surface area contributed by atoms with E-state index in [1.807, 2.05) is 50.2 Å². The fourth-order valence-electron chi connectivity index (χ4n) is 1.76. The summed E-state index contributed by atoms with van der Waals surface area (Å²) in [4.78, 5) is 14.8. The molecule has 1 aromatic heterocycles. The van der Waals surface area contributed by atoms with Crippen LogP contribution in [0, 0.1) is 0 Å². The molecule has 0 spiro atoms. The summed E-state index contributed by atoms with van der Waals surface area (Å²) in [6, 6.07) is 7.68. The minimum absolute atomic E-state index is 0.152. The van der Waals surface area contributed by atoms with Crippen LogP contribution in [0.15, 0.2) is 24.3 Å². The Kier molecular flexibility index (Phi) is 4.11. The van der Waals surface area contributed by atoms with Crippen molar-refractivity contribution in [2.75, 3.05) is 24.3 Å². The molecular formula is C13H16N4OS. The molecule has 6 heteroatoms. The zero-order chi connectivity index (χ0) is 13.8. The van der Waals surface area contributed by atoms with Crippen LogP contribution in [0.3, 0.4) is 0 Å². The monoisotopic (exact) mass is 276 g/mol. The highest BCUT2D eigenvalue weighted by molar-refractivity contribution is 7.08. The summed E-state index contributed by atoms with van der Waals surface area (Å²) in [5.74, 6) is -0.152. The molecule has 1 aromatic carbocycles. The van der Waals surface area contributed by atoms with Gasteiger partial charge >= 0.3 is 0 Å². The predicted molar refractivity (Wildman–Crippen MR) is 78.0 cm³/mol. The van der Waals surface area contributed by atoms with E-state index in [0.29, 0.717) is 11.3 Å². The lowest BCUT2D eigenvalue weighted by Gasteiger charge is -2.17. The number of hydrogen-bond acceptors (Lipinski definition) is 5. The fourth-order valence-corrected chi connectivity index (χ4v) is 2.41. The zero-order valence-corrected chi connectivity index (χ0v) is 12.0. The van der Waals surface area contributed by atoms with Crippen molar-refractivity contribution in [1.82, 2.24) is 9.59 Å². The molecular weight excluding hydrogens is 260 g/mol. The number of para-hydroxylation sites is 2. The van der Waals surface area contributed by atoms with Crippen molar-refractivity contribution >= 4 is 28.8 Å². The van der Waals surface area contributed by atoms with Crippen molar-refractivity contribution in [3.63, 3.8) is 0 Å². The van der Waals surface area contributed by atoms with Crippen molar-refractivity contribution in [3.05, 3.63) is 34.8 Å². The van der Waals surface area contributed by atoms with Crippen LogP contribution >= 0.6 is 11.5 Å². The van der Waals surface area contributed by atoms with Gasteiger partial charge in [-0.15, -0.1) is 5.10 Å². The zero-order valence-electron chi connectivity index (χ0n) is 11.2. The van der Waals surface area contributed by atoms with Crippen LogP contribution in [0.5, 0.6) is 0 Å². The SMILES string of the molecule is CCc1nnsc1C(=O)Nc1ccccc1N(C)C. The summed E-state index contributed by atoms with van der Waals surface area (Å²) >= 11 is 1.13. The molecule has 0 saturated heterocycles. The van der Waals surface area contributed by atoms with Gasteiger partial charge < -0.3 is 10.2 Å². The Labute approximate surface area is 116 Å². The molecule has 19 heavy (non-hydrogen) atoms. The molecule has 0 atom stereocenters. The van der Waals surface area contributed by atoms with Gasteiger partial charge in [0.15, 0.2) is 0 Å². The highest BCUT2D eigenvalue weighted by atomic mass is 32.1. The van der Waals surface area contributed by atoms with E-state index in [1.165, 1.54) is 0 Å². The van der Waals surface area contributed by atoms with Crippen LogP contribution in [0.2, 0.25) is 0 Å².